The number of allylic oxidation sites excluding steroid dienone is 2. The van der Waals surface area contributed by atoms with Crippen LogP contribution in [0.1, 0.15) is 28.7 Å². The van der Waals surface area contributed by atoms with Crippen LogP contribution in [0, 0.1) is 5.92 Å². The average Bonchev–Trinajstić information content (AvgIpc) is 3.72. The highest BCUT2D eigenvalue weighted by atomic mass is 16.6. The molecule has 4 heterocycles. The van der Waals surface area contributed by atoms with Crippen LogP contribution in [0.15, 0.2) is 143 Å². The van der Waals surface area contributed by atoms with Crippen molar-refractivity contribution in [3.8, 4) is 22.6 Å². The molecule has 1 unspecified atom stereocenters. The van der Waals surface area contributed by atoms with Gasteiger partial charge in [0.25, 0.3) is 0 Å². The first-order chi connectivity index (χ1) is 24.9. The lowest BCUT2D eigenvalue weighted by Crippen LogP contribution is -2.29. The topological polar surface area (TPSA) is 135 Å². The van der Waals surface area contributed by atoms with E-state index in [1.807, 2.05) is 60.7 Å². The Morgan fingerprint density at radius 2 is 1.20 bits per heavy atom. The molecule has 0 amide bonds. The number of fused-ring (bicyclic) bond motifs is 8. The predicted octanol–water partition coefficient (Wildman–Crippen LogP) is 7.02. The molecule has 10 nitrogen and oxygen atoms in total. The lowest BCUT2D eigenvalue weighted by Gasteiger charge is -2.35. The highest BCUT2D eigenvalue weighted by Crippen LogP contribution is 2.57. The van der Waals surface area contributed by atoms with Crippen molar-refractivity contribution in [3.05, 3.63) is 163 Å². The Morgan fingerprint density at radius 3 is 1.92 bits per heavy atom. The molecular weight excluding hydrogens is 652 g/mol. The fourth-order valence-electron chi connectivity index (χ4n) is 8.10. The average molecular weight is 673 g/mol. The maximum atomic E-state index is 12.4. The van der Waals surface area contributed by atoms with Gasteiger partial charge in [0.15, 0.2) is 39.6 Å². The lowest BCUT2D eigenvalue weighted by molar-refractivity contribution is -0.152. The molecule has 2 aliphatic carbocycles. The van der Waals surface area contributed by atoms with Crippen molar-refractivity contribution in [2.24, 2.45) is 5.92 Å². The molecule has 2 aliphatic heterocycles. The number of rotatable bonds is 2. The van der Waals surface area contributed by atoms with Crippen LogP contribution < -0.4 is 20.7 Å². The second-order valence-corrected chi connectivity index (χ2v) is 12.9. The number of ether oxygens (including phenoxy) is 3. The quantitative estimate of drug-likeness (QED) is 0.107. The molecule has 1 saturated heterocycles. The van der Waals surface area contributed by atoms with Crippen LogP contribution in [0.2, 0.25) is 0 Å². The van der Waals surface area contributed by atoms with E-state index < -0.39 is 34.5 Å². The van der Waals surface area contributed by atoms with Crippen LogP contribution in [-0.4, -0.2) is 11.9 Å². The molecule has 244 valence electrons. The number of esters is 2. The monoisotopic (exact) mass is 672 g/mol. The van der Waals surface area contributed by atoms with Gasteiger partial charge in [0, 0.05) is 18.6 Å². The minimum absolute atomic E-state index is 0.118. The maximum absolute atomic E-state index is 12.4. The second-order valence-electron chi connectivity index (χ2n) is 12.9. The molecule has 4 aliphatic rings. The molecule has 5 aromatic carbocycles. The molecular formula is C41H20O10. The Labute approximate surface area is 285 Å². The molecule has 1 fully saturated rings. The van der Waals surface area contributed by atoms with Gasteiger partial charge < -0.3 is 27.5 Å². The standard InChI is InChI=1S/C41H20O10/c42-37-23-15-33-35(17-25(23)39(44)50-37)48-31-13-19(9-11-29(31)46-33)41(27-7-3-1-5-21(27)22-6-2-4-8-28(22)41)20-10-12-30-32(14-20)49-36-18-26-24(16-34(36)47-30)38(43)51-40(26)45/h1-15,17-18,24H,16H2. The third-order valence-electron chi connectivity index (χ3n) is 10.3. The van der Waals surface area contributed by atoms with Gasteiger partial charge in [-0.3, -0.25) is 4.79 Å². The van der Waals surface area contributed by atoms with E-state index in [4.69, 9.17) is 27.5 Å². The molecule has 51 heavy (non-hydrogen) atoms. The van der Waals surface area contributed by atoms with Crippen LogP contribution in [0.25, 0.3) is 44.2 Å². The van der Waals surface area contributed by atoms with E-state index >= 15 is 0 Å². The summed E-state index contributed by atoms with van der Waals surface area (Å²) in [5.41, 5.74) is 5.32. The Balaban J connectivity index is 1.13. The zero-order valence-electron chi connectivity index (χ0n) is 26.2. The highest BCUT2D eigenvalue weighted by Gasteiger charge is 2.48. The minimum atomic E-state index is -0.870. The van der Waals surface area contributed by atoms with E-state index in [0.717, 1.165) is 33.4 Å². The van der Waals surface area contributed by atoms with E-state index in [1.165, 1.54) is 18.2 Å². The van der Waals surface area contributed by atoms with Crippen LogP contribution in [0.3, 0.4) is 0 Å². The molecule has 10 heteroatoms. The summed E-state index contributed by atoms with van der Waals surface area (Å²) in [5.74, 6) is -0.238. The van der Waals surface area contributed by atoms with Crippen LogP contribution in [0.5, 0.6) is 11.5 Å². The Hall–Kier alpha value is -6.94. The molecule has 1 atom stereocenters. The first-order valence-electron chi connectivity index (χ1n) is 16.2. The van der Waals surface area contributed by atoms with E-state index in [1.54, 1.807) is 0 Å². The third kappa shape index (κ3) is 3.65. The van der Waals surface area contributed by atoms with Gasteiger partial charge in [-0.25, -0.2) is 14.4 Å². The zero-order valence-corrected chi connectivity index (χ0v) is 26.2. The van der Waals surface area contributed by atoms with Crippen molar-refractivity contribution >= 4 is 45.0 Å². The van der Waals surface area contributed by atoms with Gasteiger partial charge in [0.2, 0.25) is 0 Å². The van der Waals surface area contributed by atoms with E-state index in [9.17, 15) is 19.2 Å². The SMILES string of the molecule is O=C1OC(=O)C2CC3=C(C=C12)Oc1cc(C2(c4ccc5oc6cc7c(=O)oc(=O)c7cc6oc5c4)c4ccccc4-c4ccccc42)ccc1O3. The summed E-state index contributed by atoms with van der Waals surface area (Å²) in [6.45, 7) is 0. The number of hydrogen-bond acceptors (Lipinski definition) is 10. The van der Waals surface area contributed by atoms with Crippen molar-refractivity contribution in [1.29, 1.82) is 0 Å². The summed E-state index contributed by atoms with van der Waals surface area (Å²) in [6, 6.07) is 31.0. The van der Waals surface area contributed by atoms with Gasteiger partial charge in [-0.1, -0.05) is 60.7 Å². The highest BCUT2D eigenvalue weighted by molar-refractivity contribution is 6.08. The molecule has 0 N–H and O–H groups in total. The van der Waals surface area contributed by atoms with Crippen molar-refractivity contribution in [2.75, 3.05) is 0 Å². The Kier molecular flexibility index (Phi) is 5.26. The largest absolute Gasteiger partial charge is 0.454 e. The molecule has 7 aromatic rings. The number of furan rings is 1. The Bertz CT molecular complexity index is 2920. The van der Waals surface area contributed by atoms with Crippen molar-refractivity contribution in [1.82, 2.24) is 0 Å². The fraction of sp³-hybridized carbons (Fsp3) is 0.0732. The first-order valence-corrected chi connectivity index (χ1v) is 16.2. The normalized spacial score (nSPS) is 18.0. The van der Waals surface area contributed by atoms with E-state index in [2.05, 4.69) is 24.3 Å². The molecule has 2 aromatic heterocycles. The lowest BCUT2D eigenvalue weighted by atomic mass is 9.67. The predicted molar refractivity (Wildman–Crippen MR) is 181 cm³/mol. The molecule has 0 bridgehead atoms. The van der Waals surface area contributed by atoms with Crippen molar-refractivity contribution in [3.63, 3.8) is 0 Å². The summed E-state index contributed by atoms with van der Waals surface area (Å²) in [5, 5.41) is 0.245. The number of benzene rings is 5. The van der Waals surface area contributed by atoms with Crippen molar-refractivity contribution in [2.45, 2.75) is 11.8 Å². The summed E-state index contributed by atoms with van der Waals surface area (Å²) in [6.07, 6.45) is 1.70. The molecule has 0 saturated carbocycles. The van der Waals surface area contributed by atoms with Crippen LogP contribution in [-0.2, 0) is 19.7 Å². The van der Waals surface area contributed by atoms with Gasteiger partial charge in [0.1, 0.15) is 5.76 Å². The van der Waals surface area contributed by atoms with E-state index in [-0.39, 0.29) is 28.3 Å². The van der Waals surface area contributed by atoms with Gasteiger partial charge in [0.05, 0.1) is 27.7 Å². The van der Waals surface area contributed by atoms with Gasteiger partial charge in [-0.2, -0.15) is 0 Å². The van der Waals surface area contributed by atoms with Crippen molar-refractivity contribution < 1.29 is 37.1 Å². The summed E-state index contributed by atoms with van der Waals surface area (Å²) in [7, 11) is 0. The summed E-state index contributed by atoms with van der Waals surface area (Å²) >= 11 is 0. The summed E-state index contributed by atoms with van der Waals surface area (Å²) in [4.78, 5) is 49.2. The third-order valence-corrected chi connectivity index (χ3v) is 10.3. The summed E-state index contributed by atoms with van der Waals surface area (Å²) < 4.78 is 34.9. The minimum Gasteiger partial charge on any atom is -0.454 e. The number of cyclic esters (lactones) is 2. The van der Waals surface area contributed by atoms with Crippen LogP contribution >= 0.6 is 0 Å². The Morgan fingerprint density at radius 1 is 0.569 bits per heavy atom. The van der Waals surface area contributed by atoms with Crippen LogP contribution in [0.4, 0.5) is 0 Å². The first kappa shape index (κ1) is 28.0. The fourth-order valence-corrected chi connectivity index (χ4v) is 8.10. The van der Waals surface area contributed by atoms with E-state index in [0.29, 0.717) is 39.8 Å². The van der Waals surface area contributed by atoms with Gasteiger partial charge in [-0.15, -0.1) is 0 Å². The molecule has 0 spiro atoms. The maximum Gasteiger partial charge on any atom is 0.347 e. The molecule has 11 rings (SSSR count). The smallest absolute Gasteiger partial charge is 0.347 e. The molecule has 0 radical (unpaired) electrons. The second kappa shape index (κ2) is 9.60. The number of hydrogen-bond donors (Lipinski definition) is 0. The number of carbonyl (C=O) groups excluding carboxylic acids is 2. The number of carbonyl (C=O) groups is 2. The van der Waals surface area contributed by atoms with Gasteiger partial charge >= 0.3 is 23.2 Å². The zero-order chi connectivity index (χ0) is 34.2. The van der Waals surface area contributed by atoms with Gasteiger partial charge in [-0.05, 0) is 63.7 Å².